The molecule has 1 amide bonds. The summed E-state index contributed by atoms with van der Waals surface area (Å²) < 4.78 is 0. The van der Waals surface area contributed by atoms with E-state index in [9.17, 15) is 25.2 Å². The summed E-state index contributed by atoms with van der Waals surface area (Å²) >= 11 is 0. The zero-order valence-corrected chi connectivity index (χ0v) is 43.0. The van der Waals surface area contributed by atoms with Gasteiger partial charge in [-0.15, -0.1) is 0 Å². The smallest absolute Gasteiger partial charge is 0.249 e. The predicted octanol–water partition coefficient (Wildman–Crippen LogP) is 16.6. The minimum Gasteiger partial charge on any atom is -0.394 e. The number of allylic oxidation sites excluding steroid dienone is 4. The van der Waals surface area contributed by atoms with Crippen molar-refractivity contribution in [1.29, 1.82) is 0 Å². The van der Waals surface area contributed by atoms with Crippen LogP contribution in [0.5, 0.6) is 0 Å². The Labute approximate surface area is 399 Å². The van der Waals surface area contributed by atoms with Crippen LogP contribution in [0.2, 0.25) is 0 Å². The summed E-state index contributed by atoms with van der Waals surface area (Å²) in [6, 6.07) is -1.01. The Bertz CT molecular complexity index is 970. The first-order valence-corrected chi connectivity index (χ1v) is 28.7. The predicted molar refractivity (Wildman–Crippen MR) is 279 cm³/mol. The van der Waals surface area contributed by atoms with E-state index < -0.39 is 36.9 Å². The van der Waals surface area contributed by atoms with E-state index in [0.717, 1.165) is 38.5 Å². The Hall–Kier alpha value is -1.21. The second-order valence-corrected chi connectivity index (χ2v) is 20.0. The second-order valence-electron chi connectivity index (χ2n) is 20.0. The Morgan fingerprint density at radius 1 is 0.375 bits per heavy atom. The first kappa shape index (κ1) is 62.8. The fourth-order valence-electron chi connectivity index (χ4n) is 9.13. The van der Waals surface area contributed by atoms with Gasteiger partial charge in [0.05, 0.1) is 18.8 Å². The van der Waals surface area contributed by atoms with Crippen molar-refractivity contribution in [2.24, 2.45) is 0 Å². The Kier molecular flexibility index (Phi) is 51.8. The van der Waals surface area contributed by atoms with Gasteiger partial charge in [-0.1, -0.05) is 282 Å². The topological polar surface area (TPSA) is 110 Å². The van der Waals surface area contributed by atoms with E-state index in [1.54, 1.807) is 0 Å². The molecule has 0 spiro atoms. The highest BCUT2D eigenvalue weighted by Gasteiger charge is 2.28. The van der Waals surface area contributed by atoms with E-state index in [0.29, 0.717) is 19.3 Å². The fourth-order valence-corrected chi connectivity index (χ4v) is 9.13. The van der Waals surface area contributed by atoms with Gasteiger partial charge in [0.1, 0.15) is 12.2 Å². The molecule has 0 aliphatic carbocycles. The molecule has 4 unspecified atom stereocenters. The minimum absolute atomic E-state index is 0.364. The number of nitrogens with one attached hydrogen (secondary N) is 1. The number of carbonyl (C=O) groups excluding carboxylic acids is 1. The lowest BCUT2D eigenvalue weighted by Gasteiger charge is -2.27. The van der Waals surface area contributed by atoms with Gasteiger partial charge in [0.15, 0.2) is 0 Å². The number of hydrogen-bond donors (Lipinski definition) is 5. The molecular weight excluding hydrogens is 791 g/mol. The molecule has 6 nitrogen and oxygen atoms in total. The zero-order valence-electron chi connectivity index (χ0n) is 43.0. The van der Waals surface area contributed by atoms with E-state index >= 15 is 0 Å². The molecule has 0 saturated heterocycles. The number of unbranched alkanes of at least 4 members (excludes halogenated alkanes) is 40. The van der Waals surface area contributed by atoms with Gasteiger partial charge in [-0.2, -0.15) is 0 Å². The molecule has 0 heterocycles. The zero-order chi connectivity index (χ0) is 46.7. The van der Waals surface area contributed by atoms with Crippen molar-refractivity contribution < 1.29 is 25.2 Å². The van der Waals surface area contributed by atoms with Gasteiger partial charge in [-0.3, -0.25) is 4.79 Å². The van der Waals surface area contributed by atoms with Crippen LogP contribution in [-0.4, -0.2) is 57.3 Å². The minimum atomic E-state index is -1.29. The molecule has 0 aliphatic rings. The van der Waals surface area contributed by atoms with Crippen LogP contribution in [-0.2, 0) is 4.79 Å². The lowest BCUT2D eigenvalue weighted by molar-refractivity contribution is -0.132. The van der Waals surface area contributed by atoms with Crippen molar-refractivity contribution in [2.75, 3.05) is 6.61 Å². The molecule has 0 bridgehead atoms. The number of hydrogen-bond acceptors (Lipinski definition) is 5. The molecule has 0 aromatic rings. The molecule has 380 valence electrons. The molecule has 0 aliphatic heterocycles. The summed E-state index contributed by atoms with van der Waals surface area (Å²) in [6.45, 7) is 4.07. The van der Waals surface area contributed by atoms with Crippen LogP contribution in [0.4, 0.5) is 0 Å². The van der Waals surface area contributed by atoms with Gasteiger partial charge in [-0.05, 0) is 51.4 Å². The van der Waals surface area contributed by atoms with Crippen LogP contribution >= 0.6 is 0 Å². The second kappa shape index (κ2) is 52.8. The van der Waals surface area contributed by atoms with Crippen LogP contribution in [0, 0.1) is 0 Å². The molecule has 0 fully saturated rings. The maximum absolute atomic E-state index is 12.6. The maximum atomic E-state index is 12.6. The van der Waals surface area contributed by atoms with E-state index in [1.165, 1.54) is 238 Å². The van der Waals surface area contributed by atoms with E-state index in [4.69, 9.17) is 0 Å². The van der Waals surface area contributed by atoms with Crippen molar-refractivity contribution in [1.82, 2.24) is 5.32 Å². The van der Waals surface area contributed by atoms with Crippen LogP contribution in [0.25, 0.3) is 0 Å². The van der Waals surface area contributed by atoms with E-state index in [2.05, 4.69) is 43.5 Å². The molecule has 5 N–H and O–H groups in total. The van der Waals surface area contributed by atoms with Crippen molar-refractivity contribution in [3.63, 3.8) is 0 Å². The van der Waals surface area contributed by atoms with Gasteiger partial charge >= 0.3 is 0 Å². The SMILES string of the molecule is CCCCCCCCCCCCCCCCCCCCCCC/C=C/CC/C=C/CCCC(O)C(O)C(CO)NC(=O)C(O)CCCCCCCCCCCCCCCCCCCC. The van der Waals surface area contributed by atoms with Crippen LogP contribution in [0.15, 0.2) is 24.3 Å². The number of amides is 1. The third-order valence-corrected chi connectivity index (χ3v) is 13.6. The van der Waals surface area contributed by atoms with Crippen molar-refractivity contribution >= 4 is 5.91 Å². The summed E-state index contributed by atoms with van der Waals surface area (Å²) in [5.41, 5.74) is 0. The van der Waals surface area contributed by atoms with Gasteiger partial charge in [0.25, 0.3) is 0 Å². The summed E-state index contributed by atoms with van der Waals surface area (Å²) in [5.74, 6) is -0.592. The fraction of sp³-hybridized carbons (Fsp3) is 0.914. The van der Waals surface area contributed by atoms with Crippen LogP contribution in [0.3, 0.4) is 0 Å². The van der Waals surface area contributed by atoms with Crippen molar-refractivity contribution in [2.45, 2.75) is 334 Å². The van der Waals surface area contributed by atoms with E-state index in [-0.39, 0.29) is 0 Å². The van der Waals surface area contributed by atoms with Crippen LogP contribution in [0.1, 0.15) is 309 Å². The Morgan fingerprint density at radius 3 is 0.984 bits per heavy atom. The quantitative estimate of drug-likeness (QED) is 0.0308. The van der Waals surface area contributed by atoms with Crippen molar-refractivity contribution in [3.8, 4) is 0 Å². The van der Waals surface area contributed by atoms with E-state index in [1.807, 2.05) is 0 Å². The highest BCUT2D eigenvalue weighted by Crippen LogP contribution is 2.18. The molecule has 6 heteroatoms. The molecule has 64 heavy (non-hydrogen) atoms. The van der Waals surface area contributed by atoms with Gasteiger partial charge in [0.2, 0.25) is 5.91 Å². The van der Waals surface area contributed by atoms with Gasteiger partial charge < -0.3 is 25.7 Å². The summed E-state index contributed by atoms with van der Waals surface area (Å²) in [6.07, 6.45) is 64.0. The molecule has 0 saturated carbocycles. The molecular formula is C58H113NO5. The Balaban J connectivity index is 3.64. The molecule has 0 rings (SSSR count). The highest BCUT2D eigenvalue weighted by atomic mass is 16.3. The number of carbonyl (C=O) groups is 1. The standard InChI is InChI=1S/C58H113NO5/c1-3-5-7-9-11-13-15-17-19-21-23-24-25-26-27-28-29-30-31-32-33-34-36-37-39-41-43-45-47-49-51-55(61)57(63)54(53-60)59-58(64)56(62)52-50-48-46-44-42-40-38-35-22-20-18-16-14-12-10-8-6-4-2/h36-37,43,45,54-57,60-63H,3-35,38-42,44,46-53H2,1-2H3,(H,59,64)/b37-36+,45-43+. The summed E-state index contributed by atoms with van der Waals surface area (Å²) in [5, 5.41) is 43.9. The molecule has 0 radical (unpaired) electrons. The monoisotopic (exact) mass is 904 g/mol. The molecule has 0 aromatic heterocycles. The number of rotatable bonds is 53. The Morgan fingerprint density at radius 2 is 0.656 bits per heavy atom. The number of aliphatic hydroxyl groups is 4. The normalized spacial score (nSPS) is 13.9. The maximum Gasteiger partial charge on any atom is 0.249 e. The largest absolute Gasteiger partial charge is 0.394 e. The average molecular weight is 905 g/mol. The lowest BCUT2D eigenvalue weighted by Crippen LogP contribution is -2.53. The summed E-state index contributed by atoms with van der Waals surface area (Å²) in [4.78, 5) is 12.6. The summed E-state index contributed by atoms with van der Waals surface area (Å²) in [7, 11) is 0. The van der Waals surface area contributed by atoms with Crippen LogP contribution < -0.4 is 5.32 Å². The molecule has 0 aromatic carbocycles. The third kappa shape index (κ3) is 45.9. The highest BCUT2D eigenvalue weighted by molar-refractivity contribution is 5.80. The average Bonchev–Trinajstić information content (AvgIpc) is 3.30. The van der Waals surface area contributed by atoms with Gasteiger partial charge in [0, 0.05) is 0 Å². The molecule has 4 atom stereocenters. The van der Waals surface area contributed by atoms with Gasteiger partial charge in [-0.25, -0.2) is 0 Å². The first-order valence-electron chi connectivity index (χ1n) is 28.7. The number of aliphatic hydroxyl groups excluding tert-OH is 4. The lowest BCUT2D eigenvalue weighted by atomic mass is 10.00. The third-order valence-electron chi connectivity index (χ3n) is 13.6. The van der Waals surface area contributed by atoms with Crippen molar-refractivity contribution in [3.05, 3.63) is 24.3 Å². The first-order chi connectivity index (χ1) is 31.5.